The fraction of sp³-hybridized carbons (Fsp3) is 0.467. The highest BCUT2D eigenvalue weighted by Gasteiger charge is 2.10. The van der Waals surface area contributed by atoms with Crippen molar-refractivity contribution in [2.45, 2.75) is 25.7 Å². The molecule has 21 heavy (non-hydrogen) atoms. The van der Waals surface area contributed by atoms with Gasteiger partial charge in [-0.2, -0.15) is 11.8 Å². The molecular weight excluding hydrogens is 288 g/mol. The number of hydrogen-bond donors (Lipinski definition) is 3. The van der Waals surface area contributed by atoms with Crippen LogP contribution < -0.4 is 10.6 Å². The van der Waals surface area contributed by atoms with Crippen LogP contribution in [0.1, 0.15) is 36.0 Å². The Balaban J connectivity index is 2.27. The lowest BCUT2D eigenvalue weighted by molar-refractivity contribution is 0.0698. The number of carboxylic acids is 1. The standard InChI is InChI=1S/C15H22N2O3S/c1-21-11-7-3-2-6-10-16-15(20)17-13-9-5-4-8-12(13)14(18)19/h4-5,8-9H,2-3,6-7,10-11H2,1H3,(H,18,19)(H2,16,17,20). The van der Waals surface area contributed by atoms with E-state index in [1.807, 2.05) is 11.8 Å². The molecule has 3 N–H and O–H groups in total. The second kappa shape index (κ2) is 10.1. The van der Waals surface area contributed by atoms with Gasteiger partial charge in [0.2, 0.25) is 0 Å². The molecular formula is C15H22N2O3S. The van der Waals surface area contributed by atoms with Gasteiger partial charge < -0.3 is 15.7 Å². The zero-order chi connectivity index (χ0) is 15.5. The summed E-state index contributed by atoms with van der Waals surface area (Å²) in [6.45, 7) is 0.598. The molecule has 0 spiro atoms. The Kier molecular flexibility index (Phi) is 8.35. The topological polar surface area (TPSA) is 78.4 Å². The van der Waals surface area contributed by atoms with Gasteiger partial charge in [-0.3, -0.25) is 0 Å². The molecule has 0 bridgehead atoms. The second-order valence-electron chi connectivity index (χ2n) is 4.64. The molecule has 0 aromatic heterocycles. The molecule has 0 saturated heterocycles. The van der Waals surface area contributed by atoms with Gasteiger partial charge in [-0.05, 0) is 37.0 Å². The number of anilines is 1. The number of carbonyl (C=O) groups is 2. The number of carbonyl (C=O) groups excluding carboxylic acids is 1. The van der Waals surface area contributed by atoms with Gasteiger partial charge in [-0.25, -0.2) is 9.59 Å². The molecule has 1 aromatic carbocycles. The molecule has 1 aromatic rings. The first-order valence-electron chi connectivity index (χ1n) is 7.01. The Bertz CT molecular complexity index is 466. The second-order valence-corrected chi connectivity index (χ2v) is 5.62. The van der Waals surface area contributed by atoms with Crippen molar-refractivity contribution in [2.75, 3.05) is 23.9 Å². The van der Waals surface area contributed by atoms with Crippen molar-refractivity contribution in [1.29, 1.82) is 0 Å². The Morgan fingerprint density at radius 1 is 1.14 bits per heavy atom. The van der Waals surface area contributed by atoms with E-state index in [1.165, 1.54) is 24.7 Å². The minimum absolute atomic E-state index is 0.0877. The molecule has 1 rings (SSSR count). The fourth-order valence-electron chi connectivity index (χ4n) is 1.87. The number of thioether (sulfide) groups is 1. The number of aromatic carboxylic acids is 1. The van der Waals surface area contributed by atoms with Crippen molar-refractivity contribution in [3.63, 3.8) is 0 Å². The van der Waals surface area contributed by atoms with Gasteiger partial charge in [-0.15, -0.1) is 0 Å². The number of benzene rings is 1. The average Bonchev–Trinajstić information content (AvgIpc) is 2.46. The highest BCUT2D eigenvalue weighted by molar-refractivity contribution is 7.98. The lowest BCUT2D eigenvalue weighted by Gasteiger charge is -2.09. The highest BCUT2D eigenvalue weighted by atomic mass is 32.2. The van der Waals surface area contributed by atoms with Crippen LogP contribution >= 0.6 is 11.8 Å². The summed E-state index contributed by atoms with van der Waals surface area (Å²) >= 11 is 1.85. The van der Waals surface area contributed by atoms with Crippen LogP contribution in [0.4, 0.5) is 10.5 Å². The van der Waals surface area contributed by atoms with Crippen molar-refractivity contribution in [1.82, 2.24) is 5.32 Å². The first-order valence-corrected chi connectivity index (χ1v) is 8.40. The van der Waals surface area contributed by atoms with Gasteiger partial charge >= 0.3 is 12.0 Å². The largest absolute Gasteiger partial charge is 0.478 e. The Hall–Kier alpha value is -1.69. The average molecular weight is 310 g/mol. The summed E-state index contributed by atoms with van der Waals surface area (Å²) in [4.78, 5) is 22.7. The molecule has 0 aliphatic rings. The Labute approximate surface area is 129 Å². The molecule has 0 aliphatic heterocycles. The van der Waals surface area contributed by atoms with Crippen LogP contribution in [0.3, 0.4) is 0 Å². The third kappa shape index (κ3) is 7.04. The molecule has 0 fully saturated rings. The SMILES string of the molecule is CSCCCCCCNC(=O)Nc1ccccc1C(=O)O. The van der Waals surface area contributed by atoms with Gasteiger partial charge in [0, 0.05) is 6.54 Å². The van der Waals surface area contributed by atoms with Gasteiger partial charge in [-0.1, -0.05) is 25.0 Å². The number of carboxylic acid groups (broad SMARTS) is 1. The monoisotopic (exact) mass is 310 g/mol. The maximum absolute atomic E-state index is 11.7. The quantitative estimate of drug-likeness (QED) is 0.611. The smallest absolute Gasteiger partial charge is 0.337 e. The zero-order valence-corrected chi connectivity index (χ0v) is 13.0. The number of para-hydroxylation sites is 1. The summed E-state index contributed by atoms with van der Waals surface area (Å²) in [5, 5.41) is 14.3. The molecule has 6 heteroatoms. The van der Waals surface area contributed by atoms with Gasteiger partial charge in [0.25, 0.3) is 0 Å². The predicted octanol–water partition coefficient (Wildman–Crippen LogP) is 3.43. The minimum atomic E-state index is -1.06. The molecule has 2 amide bonds. The Morgan fingerprint density at radius 2 is 1.86 bits per heavy atom. The summed E-state index contributed by atoms with van der Waals surface area (Å²) in [7, 11) is 0. The van der Waals surface area contributed by atoms with Crippen LogP contribution in [0.5, 0.6) is 0 Å². The molecule has 5 nitrogen and oxygen atoms in total. The summed E-state index contributed by atoms with van der Waals surface area (Å²) in [5.74, 6) is 0.125. The number of rotatable bonds is 9. The lowest BCUT2D eigenvalue weighted by Crippen LogP contribution is -2.30. The minimum Gasteiger partial charge on any atom is -0.478 e. The van der Waals surface area contributed by atoms with E-state index in [0.29, 0.717) is 12.2 Å². The molecule has 0 saturated carbocycles. The number of unbranched alkanes of at least 4 members (excludes halogenated alkanes) is 3. The molecule has 0 radical (unpaired) electrons. The maximum Gasteiger partial charge on any atom is 0.337 e. The number of urea groups is 1. The molecule has 0 heterocycles. The number of nitrogens with one attached hydrogen (secondary N) is 2. The van der Waals surface area contributed by atoms with Gasteiger partial charge in [0.1, 0.15) is 0 Å². The lowest BCUT2D eigenvalue weighted by atomic mass is 10.2. The molecule has 0 aliphatic carbocycles. The van der Waals surface area contributed by atoms with E-state index >= 15 is 0 Å². The van der Waals surface area contributed by atoms with Gasteiger partial charge in [0.05, 0.1) is 11.3 Å². The third-order valence-corrected chi connectivity index (χ3v) is 3.66. The van der Waals surface area contributed by atoms with Crippen molar-refractivity contribution in [3.8, 4) is 0 Å². The summed E-state index contributed by atoms with van der Waals surface area (Å²) in [6, 6.07) is 5.98. The van der Waals surface area contributed by atoms with Crippen LogP contribution in [0.15, 0.2) is 24.3 Å². The van der Waals surface area contributed by atoms with Crippen molar-refractivity contribution < 1.29 is 14.7 Å². The zero-order valence-electron chi connectivity index (χ0n) is 12.2. The maximum atomic E-state index is 11.7. The van der Waals surface area contributed by atoms with Crippen LogP contribution in [-0.4, -0.2) is 35.7 Å². The van der Waals surface area contributed by atoms with Crippen LogP contribution in [0, 0.1) is 0 Å². The molecule has 0 unspecified atom stereocenters. The van der Waals surface area contributed by atoms with Crippen LogP contribution in [0.25, 0.3) is 0 Å². The summed E-state index contributed by atoms with van der Waals surface area (Å²) < 4.78 is 0. The van der Waals surface area contributed by atoms with E-state index in [1.54, 1.807) is 18.2 Å². The van der Waals surface area contributed by atoms with E-state index in [4.69, 9.17) is 5.11 Å². The fourth-order valence-corrected chi connectivity index (χ4v) is 2.36. The van der Waals surface area contributed by atoms with Crippen molar-refractivity contribution >= 4 is 29.4 Å². The van der Waals surface area contributed by atoms with Crippen LogP contribution in [-0.2, 0) is 0 Å². The van der Waals surface area contributed by atoms with Crippen LogP contribution in [0.2, 0.25) is 0 Å². The number of amides is 2. The number of hydrogen-bond acceptors (Lipinski definition) is 3. The molecule has 0 atom stereocenters. The summed E-state index contributed by atoms with van der Waals surface area (Å²) in [5.41, 5.74) is 0.396. The third-order valence-electron chi connectivity index (χ3n) is 2.97. The first kappa shape index (κ1) is 17.4. The van der Waals surface area contributed by atoms with E-state index < -0.39 is 5.97 Å². The Morgan fingerprint density at radius 3 is 2.57 bits per heavy atom. The van der Waals surface area contributed by atoms with Crippen molar-refractivity contribution in [2.24, 2.45) is 0 Å². The highest BCUT2D eigenvalue weighted by Crippen LogP contribution is 2.14. The van der Waals surface area contributed by atoms with E-state index in [9.17, 15) is 9.59 Å². The predicted molar refractivity (Wildman–Crippen MR) is 87.3 cm³/mol. The van der Waals surface area contributed by atoms with Gasteiger partial charge in [0.15, 0.2) is 0 Å². The van der Waals surface area contributed by atoms with Crippen molar-refractivity contribution in [3.05, 3.63) is 29.8 Å². The molecule has 116 valence electrons. The normalized spacial score (nSPS) is 10.1. The van der Waals surface area contributed by atoms with E-state index in [2.05, 4.69) is 16.9 Å². The van der Waals surface area contributed by atoms with E-state index in [0.717, 1.165) is 12.8 Å². The first-order chi connectivity index (χ1) is 10.1. The summed E-state index contributed by atoms with van der Waals surface area (Å²) in [6.07, 6.45) is 6.50. The van der Waals surface area contributed by atoms with E-state index in [-0.39, 0.29) is 11.6 Å².